The molecule has 17 heavy (non-hydrogen) atoms. The first-order valence-corrected chi connectivity index (χ1v) is 6.49. The minimum Gasteiger partial charge on any atom is -0.0620 e. The van der Waals surface area contributed by atoms with Crippen LogP contribution < -0.4 is 0 Å². The second-order valence-corrected chi connectivity index (χ2v) is 5.00. The molecule has 0 heterocycles. The van der Waals surface area contributed by atoms with Crippen LogP contribution in [0.5, 0.6) is 0 Å². The highest BCUT2D eigenvalue weighted by molar-refractivity contribution is 5.42. The van der Waals surface area contributed by atoms with Crippen molar-refractivity contribution < 1.29 is 0 Å². The average Bonchev–Trinajstić information content (AvgIpc) is 2.39. The Hall–Kier alpha value is -1.56. The SMILES string of the molecule is Cc1ccccc1C1CCCc2ccccc21. The van der Waals surface area contributed by atoms with Gasteiger partial charge in [-0.2, -0.15) is 0 Å². The molecule has 0 amide bonds. The number of hydrogen-bond acceptors (Lipinski definition) is 0. The van der Waals surface area contributed by atoms with Crippen LogP contribution in [-0.2, 0) is 6.42 Å². The topological polar surface area (TPSA) is 0 Å². The molecule has 0 radical (unpaired) electrons. The standard InChI is InChI=1S/C17H18/c1-13-7-2-4-10-15(13)17-12-6-9-14-8-3-5-11-16(14)17/h2-5,7-8,10-11,17H,6,9,12H2,1H3. The summed E-state index contributed by atoms with van der Waals surface area (Å²) >= 11 is 0. The molecule has 0 fully saturated rings. The van der Waals surface area contributed by atoms with E-state index >= 15 is 0 Å². The van der Waals surface area contributed by atoms with Gasteiger partial charge in [0.25, 0.3) is 0 Å². The molecule has 1 unspecified atom stereocenters. The zero-order chi connectivity index (χ0) is 11.7. The summed E-state index contributed by atoms with van der Waals surface area (Å²) in [4.78, 5) is 0. The van der Waals surface area contributed by atoms with E-state index in [2.05, 4.69) is 55.5 Å². The minimum atomic E-state index is 0.612. The van der Waals surface area contributed by atoms with Crippen LogP contribution in [0.4, 0.5) is 0 Å². The second-order valence-electron chi connectivity index (χ2n) is 5.00. The highest BCUT2D eigenvalue weighted by Gasteiger charge is 2.21. The monoisotopic (exact) mass is 222 g/mol. The highest BCUT2D eigenvalue weighted by atomic mass is 14.3. The van der Waals surface area contributed by atoms with Crippen molar-refractivity contribution in [2.75, 3.05) is 0 Å². The molecule has 0 heteroatoms. The Morgan fingerprint density at radius 3 is 2.41 bits per heavy atom. The second kappa shape index (κ2) is 4.37. The summed E-state index contributed by atoms with van der Waals surface area (Å²) < 4.78 is 0. The molecule has 0 saturated heterocycles. The fraction of sp³-hybridized carbons (Fsp3) is 0.294. The summed E-state index contributed by atoms with van der Waals surface area (Å²) in [6.45, 7) is 2.23. The van der Waals surface area contributed by atoms with Crippen molar-refractivity contribution in [2.45, 2.75) is 32.1 Å². The molecule has 0 N–H and O–H groups in total. The van der Waals surface area contributed by atoms with E-state index in [0.717, 1.165) is 0 Å². The highest BCUT2D eigenvalue weighted by Crippen LogP contribution is 2.37. The van der Waals surface area contributed by atoms with Gasteiger partial charge in [0.15, 0.2) is 0 Å². The van der Waals surface area contributed by atoms with Gasteiger partial charge in [-0.3, -0.25) is 0 Å². The van der Waals surface area contributed by atoms with Gasteiger partial charge in [0.2, 0.25) is 0 Å². The van der Waals surface area contributed by atoms with Crippen molar-refractivity contribution in [1.82, 2.24) is 0 Å². The van der Waals surface area contributed by atoms with Crippen molar-refractivity contribution >= 4 is 0 Å². The summed E-state index contributed by atoms with van der Waals surface area (Å²) in [5, 5.41) is 0. The summed E-state index contributed by atoms with van der Waals surface area (Å²) in [6.07, 6.45) is 3.86. The normalized spacial score (nSPS) is 18.8. The lowest BCUT2D eigenvalue weighted by molar-refractivity contribution is 0.614. The average molecular weight is 222 g/mol. The Morgan fingerprint density at radius 1 is 0.882 bits per heavy atom. The number of fused-ring (bicyclic) bond motifs is 1. The molecule has 3 rings (SSSR count). The molecular formula is C17H18. The third-order valence-corrected chi connectivity index (χ3v) is 3.93. The van der Waals surface area contributed by atoms with Crippen LogP contribution in [0.3, 0.4) is 0 Å². The Labute approximate surface area is 103 Å². The van der Waals surface area contributed by atoms with Gasteiger partial charge in [-0.05, 0) is 48.4 Å². The van der Waals surface area contributed by atoms with Crippen LogP contribution in [0, 0.1) is 6.92 Å². The molecule has 0 nitrogen and oxygen atoms in total. The Balaban J connectivity index is 2.09. The van der Waals surface area contributed by atoms with Crippen LogP contribution in [0.1, 0.15) is 41.0 Å². The molecule has 2 aromatic carbocycles. The van der Waals surface area contributed by atoms with Crippen LogP contribution in [0.15, 0.2) is 48.5 Å². The maximum absolute atomic E-state index is 2.31. The largest absolute Gasteiger partial charge is 0.0620 e. The van der Waals surface area contributed by atoms with Gasteiger partial charge >= 0.3 is 0 Å². The molecule has 1 aliphatic rings. The molecule has 2 aromatic rings. The van der Waals surface area contributed by atoms with E-state index in [9.17, 15) is 0 Å². The Kier molecular flexibility index (Phi) is 2.72. The predicted octanol–water partition coefficient (Wildman–Crippen LogP) is 4.46. The maximum Gasteiger partial charge on any atom is 0.00948 e. The first-order valence-electron chi connectivity index (χ1n) is 6.49. The zero-order valence-electron chi connectivity index (χ0n) is 10.3. The first-order chi connectivity index (χ1) is 8.36. The van der Waals surface area contributed by atoms with Gasteiger partial charge < -0.3 is 0 Å². The van der Waals surface area contributed by atoms with Crippen LogP contribution in [-0.4, -0.2) is 0 Å². The number of rotatable bonds is 1. The number of aryl methyl sites for hydroxylation is 2. The van der Waals surface area contributed by atoms with Gasteiger partial charge in [0.1, 0.15) is 0 Å². The van der Waals surface area contributed by atoms with Gasteiger partial charge in [0.05, 0.1) is 0 Å². The van der Waals surface area contributed by atoms with E-state index in [1.54, 1.807) is 11.1 Å². The number of hydrogen-bond donors (Lipinski definition) is 0. The molecule has 0 spiro atoms. The lowest BCUT2D eigenvalue weighted by atomic mass is 9.78. The minimum absolute atomic E-state index is 0.612. The molecule has 0 aliphatic heterocycles. The molecule has 86 valence electrons. The zero-order valence-corrected chi connectivity index (χ0v) is 10.3. The van der Waals surface area contributed by atoms with E-state index in [0.29, 0.717) is 5.92 Å². The predicted molar refractivity (Wildman–Crippen MR) is 72.4 cm³/mol. The third-order valence-electron chi connectivity index (χ3n) is 3.93. The molecule has 0 bridgehead atoms. The summed E-state index contributed by atoms with van der Waals surface area (Å²) in [5.41, 5.74) is 6.04. The van der Waals surface area contributed by atoms with Crippen molar-refractivity contribution in [3.05, 3.63) is 70.8 Å². The molecule has 1 atom stereocenters. The maximum atomic E-state index is 2.31. The summed E-state index contributed by atoms with van der Waals surface area (Å²) in [7, 11) is 0. The van der Waals surface area contributed by atoms with Gasteiger partial charge in [0, 0.05) is 5.92 Å². The fourth-order valence-corrected chi connectivity index (χ4v) is 3.05. The van der Waals surface area contributed by atoms with Crippen molar-refractivity contribution in [3.63, 3.8) is 0 Å². The van der Waals surface area contributed by atoms with Crippen LogP contribution >= 0.6 is 0 Å². The van der Waals surface area contributed by atoms with Crippen molar-refractivity contribution in [3.8, 4) is 0 Å². The fourth-order valence-electron chi connectivity index (χ4n) is 3.05. The van der Waals surface area contributed by atoms with Crippen LogP contribution in [0.2, 0.25) is 0 Å². The van der Waals surface area contributed by atoms with Gasteiger partial charge in [-0.25, -0.2) is 0 Å². The molecule has 1 aliphatic carbocycles. The smallest absolute Gasteiger partial charge is 0.00948 e. The first kappa shape index (κ1) is 10.6. The van der Waals surface area contributed by atoms with Crippen molar-refractivity contribution in [2.24, 2.45) is 0 Å². The van der Waals surface area contributed by atoms with E-state index in [4.69, 9.17) is 0 Å². The lowest BCUT2D eigenvalue weighted by Gasteiger charge is -2.27. The van der Waals surface area contributed by atoms with Crippen LogP contribution in [0.25, 0.3) is 0 Å². The lowest BCUT2D eigenvalue weighted by Crippen LogP contribution is -2.11. The molecule has 0 aromatic heterocycles. The molecule has 0 saturated carbocycles. The Morgan fingerprint density at radius 2 is 1.59 bits per heavy atom. The van der Waals surface area contributed by atoms with Gasteiger partial charge in [-0.15, -0.1) is 0 Å². The van der Waals surface area contributed by atoms with E-state index < -0.39 is 0 Å². The number of benzene rings is 2. The van der Waals surface area contributed by atoms with Crippen molar-refractivity contribution in [1.29, 1.82) is 0 Å². The summed E-state index contributed by atoms with van der Waals surface area (Å²) in [6, 6.07) is 17.8. The van der Waals surface area contributed by atoms with E-state index in [-0.39, 0.29) is 0 Å². The summed E-state index contributed by atoms with van der Waals surface area (Å²) in [5.74, 6) is 0.612. The van der Waals surface area contributed by atoms with E-state index in [1.165, 1.54) is 30.4 Å². The quantitative estimate of drug-likeness (QED) is 0.668. The Bertz CT molecular complexity index is 525. The van der Waals surface area contributed by atoms with E-state index in [1.807, 2.05) is 0 Å². The third kappa shape index (κ3) is 1.88. The molecular weight excluding hydrogens is 204 g/mol. The van der Waals surface area contributed by atoms with Gasteiger partial charge in [-0.1, -0.05) is 48.5 Å².